The van der Waals surface area contributed by atoms with E-state index in [4.69, 9.17) is 0 Å². The molecule has 1 N–H and O–H groups in total. The van der Waals surface area contributed by atoms with Gasteiger partial charge in [-0.2, -0.15) is 0 Å². The third-order valence-corrected chi connectivity index (χ3v) is 6.59. The molecule has 2 fully saturated rings. The lowest BCUT2D eigenvalue weighted by molar-refractivity contribution is 0.0791. The predicted molar refractivity (Wildman–Crippen MR) is 108 cm³/mol. The van der Waals surface area contributed by atoms with Crippen molar-refractivity contribution in [1.82, 2.24) is 9.88 Å². The van der Waals surface area contributed by atoms with Crippen LogP contribution >= 0.6 is 11.3 Å². The minimum Gasteiger partial charge on any atom is -0.339 e. The molecule has 0 bridgehead atoms. The first-order valence-electron chi connectivity index (χ1n) is 9.69. The molecule has 1 aromatic carbocycles. The van der Waals surface area contributed by atoms with Crippen LogP contribution in [0.15, 0.2) is 18.2 Å². The van der Waals surface area contributed by atoms with Crippen LogP contribution in [0.1, 0.15) is 62.0 Å². The van der Waals surface area contributed by atoms with E-state index in [0.717, 1.165) is 54.5 Å². The van der Waals surface area contributed by atoms with Gasteiger partial charge in [0.15, 0.2) is 0 Å². The number of aromatic nitrogens is 1. The molecule has 5 nitrogen and oxygen atoms in total. The number of hydrogen-bond acceptors (Lipinski definition) is 4. The Morgan fingerprint density at radius 2 is 1.96 bits per heavy atom. The number of thiazole rings is 1. The second kappa shape index (κ2) is 7.43. The summed E-state index contributed by atoms with van der Waals surface area (Å²) in [6.45, 7) is 5.43. The summed E-state index contributed by atoms with van der Waals surface area (Å²) in [5, 5.41) is 4.05. The fourth-order valence-corrected chi connectivity index (χ4v) is 4.67. The average molecular weight is 384 g/mol. The van der Waals surface area contributed by atoms with Crippen LogP contribution in [0.3, 0.4) is 0 Å². The molecular formula is C21H25N3O2S. The molecule has 0 radical (unpaired) electrons. The highest BCUT2D eigenvalue weighted by molar-refractivity contribution is 7.13. The normalized spacial score (nSPS) is 16.6. The largest absolute Gasteiger partial charge is 0.339 e. The van der Waals surface area contributed by atoms with Crippen molar-refractivity contribution in [3.63, 3.8) is 0 Å². The van der Waals surface area contributed by atoms with Gasteiger partial charge in [-0.1, -0.05) is 6.07 Å². The SMILES string of the molecule is Cc1nc(CC2CC2)sc1C(=O)Nc1cccc(C(=O)N2CCCC2)c1C. The standard InChI is InChI=1S/C21H25N3O2S/c1-13-16(21(26)24-10-3-4-11-24)6-5-7-17(13)23-20(25)19-14(2)22-18(27-19)12-15-8-9-15/h5-7,15H,3-4,8-12H2,1-2H3,(H,23,25). The molecule has 0 spiro atoms. The fourth-order valence-electron chi connectivity index (χ4n) is 3.59. The molecule has 2 aromatic rings. The summed E-state index contributed by atoms with van der Waals surface area (Å²) in [6.07, 6.45) is 5.66. The van der Waals surface area contributed by atoms with Crippen molar-refractivity contribution in [2.45, 2.75) is 46.0 Å². The van der Waals surface area contributed by atoms with Crippen molar-refractivity contribution >= 4 is 28.8 Å². The van der Waals surface area contributed by atoms with Crippen LogP contribution in [0.4, 0.5) is 5.69 Å². The van der Waals surface area contributed by atoms with Crippen LogP contribution in [0.5, 0.6) is 0 Å². The fraction of sp³-hybridized carbons (Fsp3) is 0.476. The Kier molecular flexibility index (Phi) is 5.00. The number of nitrogens with one attached hydrogen (secondary N) is 1. The quantitative estimate of drug-likeness (QED) is 0.842. The highest BCUT2D eigenvalue weighted by Crippen LogP contribution is 2.34. The van der Waals surface area contributed by atoms with Crippen molar-refractivity contribution in [1.29, 1.82) is 0 Å². The van der Waals surface area contributed by atoms with E-state index in [9.17, 15) is 9.59 Å². The summed E-state index contributed by atoms with van der Waals surface area (Å²) in [5.74, 6) is 0.671. The van der Waals surface area contributed by atoms with Gasteiger partial charge in [0.05, 0.1) is 10.7 Å². The van der Waals surface area contributed by atoms with E-state index in [2.05, 4.69) is 10.3 Å². The Balaban J connectivity index is 1.52. The van der Waals surface area contributed by atoms with Crippen LogP contribution in [0.2, 0.25) is 0 Å². The number of rotatable bonds is 5. The number of nitrogens with zero attached hydrogens (tertiary/aromatic N) is 2. The smallest absolute Gasteiger partial charge is 0.267 e. The second-order valence-electron chi connectivity index (χ2n) is 7.60. The Hall–Kier alpha value is -2.21. The van der Waals surface area contributed by atoms with E-state index in [0.29, 0.717) is 16.1 Å². The van der Waals surface area contributed by atoms with Gasteiger partial charge in [-0.25, -0.2) is 4.98 Å². The van der Waals surface area contributed by atoms with Crippen molar-refractivity contribution < 1.29 is 9.59 Å². The first-order chi connectivity index (χ1) is 13.0. The molecule has 27 heavy (non-hydrogen) atoms. The van der Waals surface area contributed by atoms with E-state index in [-0.39, 0.29) is 11.8 Å². The van der Waals surface area contributed by atoms with Crippen molar-refractivity contribution in [2.75, 3.05) is 18.4 Å². The lowest BCUT2D eigenvalue weighted by Crippen LogP contribution is -2.28. The highest BCUT2D eigenvalue weighted by atomic mass is 32.1. The predicted octanol–water partition coefficient (Wildman–Crippen LogP) is 4.20. The number of hydrogen-bond donors (Lipinski definition) is 1. The molecule has 2 aliphatic rings. The van der Waals surface area contributed by atoms with Gasteiger partial charge in [0.25, 0.3) is 11.8 Å². The molecule has 4 rings (SSSR count). The second-order valence-corrected chi connectivity index (χ2v) is 8.68. The van der Waals surface area contributed by atoms with Crippen molar-refractivity contribution in [3.05, 3.63) is 44.9 Å². The van der Waals surface area contributed by atoms with E-state index >= 15 is 0 Å². The molecule has 1 saturated heterocycles. The minimum absolute atomic E-state index is 0.0572. The van der Waals surface area contributed by atoms with Gasteiger partial charge in [0.2, 0.25) is 0 Å². The molecule has 1 aliphatic heterocycles. The monoisotopic (exact) mass is 383 g/mol. The minimum atomic E-state index is -0.138. The van der Waals surface area contributed by atoms with Gasteiger partial charge in [-0.05, 0) is 63.1 Å². The number of amides is 2. The van der Waals surface area contributed by atoms with Crippen LogP contribution in [-0.4, -0.2) is 34.8 Å². The van der Waals surface area contributed by atoms with Gasteiger partial charge in [0.1, 0.15) is 4.88 Å². The summed E-state index contributed by atoms with van der Waals surface area (Å²) >= 11 is 1.49. The van der Waals surface area contributed by atoms with Crippen LogP contribution in [0.25, 0.3) is 0 Å². The number of benzene rings is 1. The van der Waals surface area contributed by atoms with E-state index in [1.807, 2.05) is 36.9 Å². The molecule has 0 atom stereocenters. The maximum absolute atomic E-state index is 12.8. The molecule has 2 amide bonds. The van der Waals surface area contributed by atoms with E-state index in [1.54, 1.807) is 0 Å². The third-order valence-electron chi connectivity index (χ3n) is 5.41. The molecular weight excluding hydrogens is 358 g/mol. The Labute approximate surface area is 163 Å². The molecule has 1 saturated carbocycles. The van der Waals surface area contributed by atoms with Crippen LogP contribution < -0.4 is 5.32 Å². The zero-order valence-electron chi connectivity index (χ0n) is 15.9. The number of anilines is 1. The summed E-state index contributed by atoms with van der Waals surface area (Å²) in [5.41, 5.74) is 2.98. The molecule has 0 unspecified atom stereocenters. The third kappa shape index (κ3) is 3.90. The maximum atomic E-state index is 12.8. The van der Waals surface area contributed by atoms with Gasteiger partial charge < -0.3 is 10.2 Å². The lowest BCUT2D eigenvalue weighted by Gasteiger charge is -2.18. The van der Waals surface area contributed by atoms with Crippen molar-refractivity contribution in [2.24, 2.45) is 5.92 Å². The van der Waals surface area contributed by atoms with Crippen molar-refractivity contribution in [3.8, 4) is 0 Å². The van der Waals surface area contributed by atoms with Crippen LogP contribution in [0, 0.1) is 19.8 Å². The van der Waals surface area contributed by atoms with E-state index < -0.39 is 0 Å². The highest BCUT2D eigenvalue weighted by Gasteiger charge is 2.25. The van der Waals surface area contributed by atoms with E-state index in [1.165, 1.54) is 24.2 Å². The zero-order valence-corrected chi connectivity index (χ0v) is 16.7. The molecule has 1 aliphatic carbocycles. The number of aryl methyl sites for hydroxylation is 1. The summed E-state index contributed by atoms with van der Waals surface area (Å²) in [4.78, 5) is 32.7. The topological polar surface area (TPSA) is 62.3 Å². The molecule has 2 heterocycles. The molecule has 6 heteroatoms. The Morgan fingerprint density at radius 3 is 2.67 bits per heavy atom. The number of carbonyl (C=O) groups is 2. The Morgan fingerprint density at radius 1 is 1.22 bits per heavy atom. The molecule has 142 valence electrons. The summed E-state index contributed by atoms with van der Waals surface area (Å²) in [6, 6.07) is 5.54. The zero-order chi connectivity index (χ0) is 19.0. The number of carbonyl (C=O) groups excluding carboxylic acids is 2. The maximum Gasteiger partial charge on any atom is 0.267 e. The average Bonchev–Trinajstić information content (AvgIpc) is 3.15. The summed E-state index contributed by atoms with van der Waals surface area (Å²) < 4.78 is 0. The lowest BCUT2D eigenvalue weighted by atomic mass is 10.1. The van der Waals surface area contributed by atoms with Gasteiger partial charge in [-0.3, -0.25) is 9.59 Å². The first kappa shape index (κ1) is 18.2. The van der Waals surface area contributed by atoms with Gasteiger partial charge in [-0.15, -0.1) is 11.3 Å². The van der Waals surface area contributed by atoms with Gasteiger partial charge >= 0.3 is 0 Å². The molecule has 1 aromatic heterocycles. The Bertz CT molecular complexity index is 880. The van der Waals surface area contributed by atoms with Crippen LogP contribution in [-0.2, 0) is 6.42 Å². The first-order valence-corrected chi connectivity index (χ1v) is 10.5. The van der Waals surface area contributed by atoms with Gasteiger partial charge in [0, 0.05) is 30.8 Å². The number of likely N-dealkylation sites (tertiary alicyclic amines) is 1. The summed E-state index contributed by atoms with van der Waals surface area (Å²) in [7, 11) is 0.